The first kappa shape index (κ1) is 20.2. The molecule has 0 aliphatic carbocycles. The van der Waals surface area contributed by atoms with Gasteiger partial charge in [0.05, 0.1) is 12.5 Å². The van der Waals surface area contributed by atoms with Crippen molar-refractivity contribution in [2.75, 3.05) is 19.4 Å². The van der Waals surface area contributed by atoms with Gasteiger partial charge in [-0.25, -0.2) is 0 Å². The van der Waals surface area contributed by atoms with Crippen molar-refractivity contribution in [3.05, 3.63) is 82.3 Å². The first-order valence-corrected chi connectivity index (χ1v) is 11.7. The van der Waals surface area contributed by atoms with Crippen molar-refractivity contribution >= 4 is 44.5 Å². The third-order valence-corrected chi connectivity index (χ3v) is 7.10. The summed E-state index contributed by atoms with van der Waals surface area (Å²) in [4.78, 5) is 15.4. The molecule has 4 aromatic rings. The number of hydrogen-bond acceptors (Lipinski definition) is 5. The SMILES string of the molecule is COc1ccc(Br)cc1C1SCCN1C(=O)c1ccc2noc(-c3ccccc3)c2c1. The van der Waals surface area contributed by atoms with Crippen LogP contribution in [-0.4, -0.2) is 35.4 Å². The molecule has 1 aliphatic rings. The van der Waals surface area contributed by atoms with Crippen molar-refractivity contribution in [3.63, 3.8) is 0 Å². The van der Waals surface area contributed by atoms with Crippen LogP contribution < -0.4 is 4.74 Å². The molecular weight excluding hydrogens is 476 g/mol. The average Bonchev–Trinajstić information content (AvgIpc) is 3.46. The molecule has 1 atom stereocenters. The largest absolute Gasteiger partial charge is 0.496 e. The van der Waals surface area contributed by atoms with Crippen molar-refractivity contribution in [1.29, 1.82) is 0 Å². The topological polar surface area (TPSA) is 55.6 Å². The van der Waals surface area contributed by atoms with Gasteiger partial charge in [-0.1, -0.05) is 51.4 Å². The lowest BCUT2D eigenvalue weighted by Gasteiger charge is -2.25. The number of halogens is 1. The number of rotatable bonds is 4. The summed E-state index contributed by atoms with van der Waals surface area (Å²) >= 11 is 5.29. The lowest BCUT2D eigenvalue weighted by molar-refractivity contribution is 0.0759. The molecule has 1 unspecified atom stereocenters. The van der Waals surface area contributed by atoms with Crippen LogP contribution in [0, 0.1) is 0 Å². The molecular formula is C24H19BrN2O3S. The maximum Gasteiger partial charge on any atom is 0.255 e. The van der Waals surface area contributed by atoms with Crippen molar-refractivity contribution < 1.29 is 14.1 Å². The Labute approximate surface area is 192 Å². The molecule has 0 bridgehead atoms. The highest BCUT2D eigenvalue weighted by molar-refractivity contribution is 9.10. The predicted octanol–water partition coefficient (Wildman–Crippen LogP) is 6.15. The fraction of sp³-hybridized carbons (Fsp3) is 0.167. The van der Waals surface area contributed by atoms with E-state index in [-0.39, 0.29) is 11.3 Å². The lowest BCUT2D eigenvalue weighted by atomic mass is 10.1. The van der Waals surface area contributed by atoms with Crippen LogP contribution in [-0.2, 0) is 0 Å². The Hall–Kier alpha value is -2.77. The van der Waals surface area contributed by atoms with Crippen LogP contribution in [0.5, 0.6) is 5.75 Å². The van der Waals surface area contributed by atoms with Gasteiger partial charge < -0.3 is 14.2 Å². The minimum Gasteiger partial charge on any atom is -0.496 e. The number of aromatic nitrogens is 1. The number of thioether (sulfide) groups is 1. The summed E-state index contributed by atoms with van der Waals surface area (Å²) in [5.41, 5.74) is 3.28. The second-order valence-electron chi connectivity index (χ2n) is 7.22. The highest BCUT2D eigenvalue weighted by Gasteiger charge is 2.33. The zero-order valence-electron chi connectivity index (χ0n) is 16.7. The van der Waals surface area contributed by atoms with E-state index >= 15 is 0 Å². The van der Waals surface area contributed by atoms with Crippen LogP contribution in [0.25, 0.3) is 22.2 Å². The van der Waals surface area contributed by atoms with Crippen molar-refractivity contribution in [2.45, 2.75) is 5.37 Å². The molecule has 0 saturated carbocycles. The van der Waals surface area contributed by atoms with E-state index < -0.39 is 0 Å². The summed E-state index contributed by atoms with van der Waals surface area (Å²) in [6.45, 7) is 0.678. The number of carbonyl (C=O) groups excluding carboxylic acids is 1. The van der Waals surface area contributed by atoms with E-state index in [0.717, 1.165) is 38.0 Å². The zero-order valence-corrected chi connectivity index (χ0v) is 19.2. The summed E-state index contributed by atoms with van der Waals surface area (Å²) < 4.78 is 12.1. The molecule has 0 spiro atoms. The van der Waals surface area contributed by atoms with Crippen LogP contribution in [0.3, 0.4) is 0 Å². The normalized spacial score (nSPS) is 16.1. The van der Waals surface area contributed by atoms with Crippen LogP contribution in [0.2, 0.25) is 0 Å². The molecule has 1 fully saturated rings. The number of benzene rings is 3. The predicted molar refractivity (Wildman–Crippen MR) is 126 cm³/mol. The van der Waals surface area contributed by atoms with E-state index in [2.05, 4.69) is 21.1 Å². The summed E-state index contributed by atoms with van der Waals surface area (Å²) in [5.74, 6) is 2.31. The monoisotopic (exact) mass is 494 g/mol. The third kappa shape index (κ3) is 3.72. The van der Waals surface area contributed by atoms with Gasteiger partial charge in [-0.15, -0.1) is 11.8 Å². The number of amides is 1. The van der Waals surface area contributed by atoms with Gasteiger partial charge in [0, 0.05) is 33.5 Å². The smallest absolute Gasteiger partial charge is 0.255 e. The second kappa shape index (κ2) is 8.40. The quantitative estimate of drug-likeness (QED) is 0.340. The molecule has 2 heterocycles. The Morgan fingerprint density at radius 2 is 2.00 bits per heavy atom. The number of methoxy groups -OCH3 is 1. The zero-order chi connectivity index (χ0) is 21.4. The molecule has 1 saturated heterocycles. The van der Waals surface area contributed by atoms with Gasteiger partial charge >= 0.3 is 0 Å². The van der Waals surface area contributed by atoms with E-state index in [1.54, 1.807) is 18.9 Å². The molecule has 156 valence electrons. The number of hydrogen-bond donors (Lipinski definition) is 0. The first-order valence-electron chi connectivity index (χ1n) is 9.86. The number of fused-ring (bicyclic) bond motifs is 1. The molecule has 1 amide bonds. The third-order valence-electron chi connectivity index (χ3n) is 5.37. The van der Waals surface area contributed by atoms with Gasteiger partial charge in [0.15, 0.2) is 5.76 Å². The summed E-state index contributed by atoms with van der Waals surface area (Å²) in [6.07, 6.45) is 0. The Morgan fingerprint density at radius 1 is 1.16 bits per heavy atom. The highest BCUT2D eigenvalue weighted by atomic mass is 79.9. The van der Waals surface area contributed by atoms with Crippen LogP contribution in [0.1, 0.15) is 21.3 Å². The molecule has 0 radical (unpaired) electrons. The van der Waals surface area contributed by atoms with E-state index in [1.165, 1.54) is 0 Å². The molecule has 7 heteroatoms. The number of carbonyl (C=O) groups is 1. The summed E-state index contributed by atoms with van der Waals surface area (Å²) in [5, 5.41) is 4.89. The standard InChI is InChI=1S/C24H19BrN2O3S/c1-29-21-10-8-17(25)14-19(21)24-27(11-12-31-24)23(28)16-7-9-20-18(13-16)22(30-26-20)15-5-3-2-4-6-15/h2-10,13-14,24H,11-12H2,1H3. The van der Waals surface area contributed by atoms with Crippen molar-refractivity contribution in [1.82, 2.24) is 10.1 Å². The second-order valence-corrected chi connectivity index (χ2v) is 9.32. The molecule has 3 aromatic carbocycles. The van der Waals surface area contributed by atoms with E-state index in [4.69, 9.17) is 9.26 Å². The highest BCUT2D eigenvalue weighted by Crippen LogP contribution is 2.43. The van der Waals surface area contributed by atoms with Crippen LogP contribution in [0.4, 0.5) is 0 Å². The van der Waals surface area contributed by atoms with Gasteiger partial charge in [0.1, 0.15) is 16.6 Å². The minimum absolute atomic E-state index is 0.0147. The molecule has 5 rings (SSSR count). The van der Waals surface area contributed by atoms with Crippen LogP contribution >= 0.6 is 27.7 Å². The summed E-state index contributed by atoms with van der Waals surface area (Å²) in [7, 11) is 1.66. The molecule has 5 nitrogen and oxygen atoms in total. The van der Waals surface area contributed by atoms with Gasteiger partial charge in [-0.3, -0.25) is 4.79 Å². The van der Waals surface area contributed by atoms with E-state index in [0.29, 0.717) is 17.9 Å². The molecule has 1 aliphatic heterocycles. The fourth-order valence-electron chi connectivity index (χ4n) is 3.87. The molecule has 0 N–H and O–H groups in total. The van der Waals surface area contributed by atoms with Crippen molar-refractivity contribution in [3.8, 4) is 17.1 Å². The van der Waals surface area contributed by atoms with Gasteiger partial charge in [0.2, 0.25) is 0 Å². The van der Waals surface area contributed by atoms with Gasteiger partial charge in [-0.05, 0) is 36.4 Å². The maximum absolute atomic E-state index is 13.5. The summed E-state index contributed by atoms with van der Waals surface area (Å²) in [6, 6.07) is 21.3. The van der Waals surface area contributed by atoms with Gasteiger partial charge in [0.25, 0.3) is 5.91 Å². The fourth-order valence-corrected chi connectivity index (χ4v) is 5.52. The minimum atomic E-state index is -0.105. The van der Waals surface area contributed by atoms with E-state index in [1.807, 2.05) is 71.6 Å². The number of nitrogens with zero attached hydrogens (tertiary/aromatic N) is 2. The van der Waals surface area contributed by atoms with Gasteiger partial charge in [-0.2, -0.15) is 0 Å². The molecule has 1 aromatic heterocycles. The van der Waals surface area contributed by atoms with Crippen LogP contribution in [0.15, 0.2) is 75.7 Å². The Kier molecular flexibility index (Phi) is 5.46. The first-order chi connectivity index (χ1) is 15.2. The molecule has 31 heavy (non-hydrogen) atoms. The van der Waals surface area contributed by atoms with E-state index in [9.17, 15) is 4.79 Å². The lowest BCUT2D eigenvalue weighted by Crippen LogP contribution is -2.30. The number of ether oxygens (including phenoxy) is 1. The maximum atomic E-state index is 13.5. The van der Waals surface area contributed by atoms with Crippen molar-refractivity contribution in [2.24, 2.45) is 0 Å². The Balaban J connectivity index is 1.52. The average molecular weight is 495 g/mol. The Bertz CT molecular complexity index is 1260. The Morgan fingerprint density at radius 3 is 2.81 bits per heavy atom.